The highest BCUT2D eigenvalue weighted by molar-refractivity contribution is 5.75. The molecule has 0 aliphatic rings. The van der Waals surface area contributed by atoms with Gasteiger partial charge in [-0.2, -0.15) is 0 Å². The third kappa shape index (κ3) is 3.01. The quantitative estimate of drug-likeness (QED) is 0.673. The first-order chi connectivity index (χ1) is 9.08. The summed E-state index contributed by atoms with van der Waals surface area (Å²) < 4.78 is 0. The van der Waals surface area contributed by atoms with Gasteiger partial charge < -0.3 is 10.2 Å². The van der Waals surface area contributed by atoms with Crippen molar-refractivity contribution in [3.63, 3.8) is 0 Å². The van der Waals surface area contributed by atoms with Crippen LogP contribution in [0.2, 0.25) is 0 Å². The zero-order valence-corrected chi connectivity index (χ0v) is 10.8. The molecule has 0 unspecified atom stereocenters. The Morgan fingerprint density at radius 1 is 1.05 bits per heavy atom. The van der Waals surface area contributed by atoms with Crippen LogP contribution in [-0.4, -0.2) is 19.0 Å². The van der Waals surface area contributed by atoms with Gasteiger partial charge in [0, 0.05) is 31.9 Å². The molecule has 2 rings (SSSR count). The molecule has 19 heavy (non-hydrogen) atoms. The third-order valence-electron chi connectivity index (χ3n) is 2.74. The molecule has 0 bridgehead atoms. The van der Waals surface area contributed by atoms with E-state index >= 15 is 0 Å². The van der Waals surface area contributed by atoms with Gasteiger partial charge in [-0.15, -0.1) is 0 Å². The van der Waals surface area contributed by atoms with Crippen LogP contribution in [0.5, 0.6) is 0 Å². The van der Waals surface area contributed by atoms with Gasteiger partial charge in [0.2, 0.25) is 0 Å². The minimum absolute atomic E-state index is 0.0893. The lowest BCUT2D eigenvalue weighted by Crippen LogP contribution is -2.10. The number of rotatable bonds is 4. The highest BCUT2D eigenvalue weighted by Crippen LogP contribution is 2.27. The molecule has 1 N–H and O–H groups in total. The van der Waals surface area contributed by atoms with E-state index < -0.39 is 4.92 Å². The summed E-state index contributed by atoms with van der Waals surface area (Å²) in [5, 5.41) is 13.8. The van der Waals surface area contributed by atoms with Crippen molar-refractivity contribution < 1.29 is 4.92 Å². The summed E-state index contributed by atoms with van der Waals surface area (Å²) >= 11 is 0. The maximum absolute atomic E-state index is 10.6. The Hall–Kier alpha value is -2.56. The average molecular weight is 257 g/mol. The van der Waals surface area contributed by atoms with Crippen LogP contribution in [0, 0.1) is 10.1 Å². The van der Waals surface area contributed by atoms with E-state index in [-0.39, 0.29) is 5.69 Å². The van der Waals surface area contributed by atoms with E-state index in [0.29, 0.717) is 0 Å². The van der Waals surface area contributed by atoms with E-state index in [4.69, 9.17) is 0 Å². The lowest BCUT2D eigenvalue weighted by atomic mass is 10.2. The number of nitro benzene ring substituents is 1. The fourth-order valence-corrected chi connectivity index (χ4v) is 1.79. The Kier molecular flexibility index (Phi) is 3.66. The van der Waals surface area contributed by atoms with E-state index in [1.165, 1.54) is 12.1 Å². The summed E-state index contributed by atoms with van der Waals surface area (Å²) in [5.74, 6) is 0. The molecule has 0 aromatic heterocycles. The summed E-state index contributed by atoms with van der Waals surface area (Å²) in [4.78, 5) is 12.2. The SMILES string of the molecule is CN(C)c1ccccc1Nc1ccc([N+](=O)[O-])cc1. The van der Waals surface area contributed by atoms with Crippen molar-refractivity contribution >= 4 is 22.7 Å². The van der Waals surface area contributed by atoms with Crippen LogP contribution in [0.1, 0.15) is 0 Å². The standard InChI is InChI=1S/C14H15N3O2/c1-16(2)14-6-4-3-5-13(14)15-11-7-9-12(10-8-11)17(18)19/h3-10,15H,1-2H3. The van der Waals surface area contributed by atoms with Gasteiger partial charge in [0.05, 0.1) is 16.3 Å². The smallest absolute Gasteiger partial charge is 0.269 e. The minimum atomic E-state index is -0.405. The van der Waals surface area contributed by atoms with Crippen molar-refractivity contribution in [2.24, 2.45) is 0 Å². The summed E-state index contributed by atoms with van der Waals surface area (Å²) in [6.07, 6.45) is 0. The van der Waals surface area contributed by atoms with Crippen LogP contribution < -0.4 is 10.2 Å². The summed E-state index contributed by atoms with van der Waals surface area (Å²) in [5.41, 5.74) is 2.92. The van der Waals surface area contributed by atoms with Crippen LogP contribution in [0.3, 0.4) is 0 Å². The van der Waals surface area contributed by atoms with E-state index in [1.54, 1.807) is 12.1 Å². The van der Waals surface area contributed by atoms with Crippen LogP contribution >= 0.6 is 0 Å². The molecule has 0 saturated carbocycles. The lowest BCUT2D eigenvalue weighted by molar-refractivity contribution is -0.384. The maximum Gasteiger partial charge on any atom is 0.269 e. The highest BCUT2D eigenvalue weighted by atomic mass is 16.6. The molecule has 5 heteroatoms. The lowest BCUT2D eigenvalue weighted by Gasteiger charge is -2.18. The van der Waals surface area contributed by atoms with Crippen molar-refractivity contribution in [3.8, 4) is 0 Å². The predicted octanol–water partition coefficient (Wildman–Crippen LogP) is 3.40. The molecular weight excluding hydrogens is 242 g/mol. The zero-order chi connectivity index (χ0) is 13.8. The van der Waals surface area contributed by atoms with E-state index in [0.717, 1.165) is 17.1 Å². The fraction of sp³-hybridized carbons (Fsp3) is 0.143. The number of non-ortho nitro benzene ring substituents is 1. The molecule has 5 nitrogen and oxygen atoms in total. The Morgan fingerprint density at radius 2 is 1.68 bits per heavy atom. The van der Waals surface area contributed by atoms with Gasteiger partial charge in [-0.1, -0.05) is 12.1 Å². The number of hydrogen-bond acceptors (Lipinski definition) is 4. The normalized spacial score (nSPS) is 10.0. The number of hydrogen-bond donors (Lipinski definition) is 1. The molecule has 0 amide bonds. The van der Waals surface area contributed by atoms with Crippen LogP contribution in [0.4, 0.5) is 22.7 Å². The van der Waals surface area contributed by atoms with Gasteiger partial charge in [0.1, 0.15) is 0 Å². The maximum atomic E-state index is 10.6. The van der Waals surface area contributed by atoms with Gasteiger partial charge in [-0.05, 0) is 24.3 Å². The largest absolute Gasteiger partial charge is 0.376 e. The molecule has 98 valence electrons. The van der Waals surface area contributed by atoms with Crippen molar-refractivity contribution in [1.29, 1.82) is 0 Å². The second kappa shape index (κ2) is 5.39. The monoisotopic (exact) mass is 257 g/mol. The highest BCUT2D eigenvalue weighted by Gasteiger charge is 2.06. The molecular formula is C14H15N3O2. The second-order valence-corrected chi connectivity index (χ2v) is 4.34. The Labute approximate surface area is 111 Å². The molecule has 0 radical (unpaired) electrons. The first-order valence-corrected chi connectivity index (χ1v) is 5.86. The van der Waals surface area contributed by atoms with Crippen molar-refractivity contribution in [3.05, 3.63) is 58.6 Å². The second-order valence-electron chi connectivity index (χ2n) is 4.34. The molecule has 0 aliphatic carbocycles. The summed E-state index contributed by atoms with van der Waals surface area (Å²) in [6, 6.07) is 14.3. The van der Waals surface area contributed by atoms with E-state index in [9.17, 15) is 10.1 Å². The first-order valence-electron chi connectivity index (χ1n) is 5.86. The molecule has 0 fully saturated rings. The predicted molar refractivity (Wildman–Crippen MR) is 77.1 cm³/mol. The Morgan fingerprint density at radius 3 is 2.26 bits per heavy atom. The fourth-order valence-electron chi connectivity index (χ4n) is 1.79. The number of nitrogens with zero attached hydrogens (tertiary/aromatic N) is 2. The molecule has 0 atom stereocenters. The Bertz CT molecular complexity index is 579. The molecule has 2 aromatic carbocycles. The summed E-state index contributed by atoms with van der Waals surface area (Å²) in [7, 11) is 3.94. The number of benzene rings is 2. The zero-order valence-electron chi connectivity index (χ0n) is 10.8. The summed E-state index contributed by atoms with van der Waals surface area (Å²) in [6.45, 7) is 0. The van der Waals surface area contributed by atoms with Gasteiger partial charge in [0.15, 0.2) is 0 Å². The molecule has 0 spiro atoms. The molecule has 0 aliphatic heterocycles. The number of anilines is 3. The van der Waals surface area contributed by atoms with Crippen molar-refractivity contribution in [2.45, 2.75) is 0 Å². The number of nitrogens with one attached hydrogen (secondary N) is 1. The molecule has 0 heterocycles. The van der Waals surface area contributed by atoms with E-state index in [2.05, 4.69) is 5.32 Å². The van der Waals surface area contributed by atoms with Crippen LogP contribution in [0.25, 0.3) is 0 Å². The van der Waals surface area contributed by atoms with Crippen LogP contribution in [-0.2, 0) is 0 Å². The van der Waals surface area contributed by atoms with Gasteiger partial charge in [-0.25, -0.2) is 0 Å². The van der Waals surface area contributed by atoms with Gasteiger partial charge >= 0.3 is 0 Å². The van der Waals surface area contributed by atoms with Crippen LogP contribution in [0.15, 0.2) is 48.5 Å². The Balaban J connectivity index is 2.24. The average Bonchev–Trinajstić information content (AvgIpc) is 2.39. The van der Waals surface area contributed by atoms with Crippen molar-refractivity contribution in [1.82, 2.24) is 0 Å². The first kappa shape index (κ1) is 12.9. The number of para-hydroxylation sites is 2. The van der Waals surface area contributed by atoms with Gasteiger partial charge in [-0.3, -0.25) is 10.1 Å². The topological polar surface area (TPSA) is 58.4 Å². The van der Waals surface area contributed by atoms with E-state index in [1.807, 2.05) is 43.3 Å². The van der Waals surface area contributed by atoms with Crippen molar-refractivity contribution in [2.75, 3.05) is 24.3 Å². The van der Waals surface area contributed by atoms with Gasteiger partial charge in [0.25, 0.3) is 5.69 Å². The molecule has 0 saturated heterocycles. The molecule has 2 aromatic rings. The third-order valence-corrected chi connectivity index (χ3v) is 2.74. The number of nitro groups is 1. The minimum Gasteiger partial charge on any atom is -0.376 e.